The van der Waals surface area contributed by atoms with Crippen LogP contribution in [0.25, 0.3) is 0 Å². The molecule has 0 spiro atoms. The number of hydrogen-bond donors (Lipinski definition) is 0. The van der Waals surface area contributed by atoms with Gasteiger partial charge in [-0.15, -0.1) is 0 Å². The van der Waals surface area contributed by atoms with E-state index in [9.17, 15) is 9.59 Å². The van der Waals surface area contributed by atoms with Crippen LogP contribution in [0.15, 0.2) is 11.6 Å². The molecule has 1 amide bonds. The van der Waals surface area contributed by atoms with Crippen LogP contribution < -0.4 is 0 Å². The Morgan fingerprint density at radius 3 is 2.18 bits per heavy atom. The zero-order valence-corrected chi connectivity index (χ0v) is 11.4. The molecule has 0 N–H and O–H groups in total. The predicted octanol–water partition coefficient (Wildman–Crippen LogP) is 2.56. The highest BCUT2D eigenvalue weighted by atomic mass is 16.2. The van der Waals surface area contributed by atoms with Crippen LogP contribution in [0.5, 0.6) is 0 Å². The van der Waals surface area contributed by atoms with Gasteiger partial charge in [-0.25, -0.2) is 0 Å². The van der Waals surface area contributed by atoms with E-state index in [0.717, 1.165) is 25.8 Å². The summed E-state index contributed by atoms with van der Waals surface area (Å²) < 4.78 is 0. The largest absolute Gasteiger partial charge is 0.346 e. The summed E-state index contributed by atoms with van der Waals surface area (Å²) in [6.07, 6.45) is 5.36. The number of carbonyl (C=O) groups excluding carboxylic acids is 2. The van der Waals surface area contributed by atoms with Crippen LogP contribution in [0.2, 0.25) is 0 Å². The fourth-order valence-electron chi connectivity index (χ4n) is 2.45. The van der Waals surface area contributed by atoms with Crippen LogP contribution in [0, 0.1) is 5.41 Å². The number of amides is 1. The van der Waals surface area contributed by atoms with Crippen molar-refractivity contribution >= 4 is 11.7 Å². The molecule has 1 fully saturated rings. The zero-order chi connectivity index (χ0) is 13.1. The number of allylic oxidation sites excluding steroid dienone is 2. The van der Waals surface area contributed by atoms with Crippen molar-refractivity contribution in [3.8, 4) is 0 Å². The molecular weight excluding hydrogens is 214 g/mol. The lowest BCUT2D eigenvalue weighted by Gasteiger charge is -2.27. The molecule has 2 aliphatic rings. The van der Waals surface area contributed by atoms with Gasteiger partial charge in [0.05, 0.1) is 0 Å². The van der Waals surface area contributed by atoms with Crippen LogP contribution in [-0.2, 0) is 9.59 Å². The second-order valence-corrected chi connectivity index (χ2v) is 5.89. The monoisotopic (exact) mass is 237 g/mol. The van der Waals surface area contributed by atoms with Gasteiger partial charge in [-0.2, -0.15) is 0 Å². The first-order chi connectivity index (χ1) is 7.80. The first-order valence-electron chi connectivity index (χ1n) is 6.24. The second kappa shape index (κ2) is 5.48. The lowest BCUT2D eigenvalue weighted by atomic mass is 9.77. The summed E-state index contributed by atoms with van der Waals surface area (Å²) >= 11 is 0. The Morgan fingerprint density at radius 2 is 1.88 bits per heavy atom. The van der Waals surface area contributed by atoms with Crippen molar-refractivity contribution in [1.82, 2.24) is 4.90 Å². The maximum Gasteiger partial charge on any atom is 0.222 e. The number of ketones is 1. The molecule has 17 heavy (non-hydrogen) atoms. The van der Waals surface area contributed by atoms with Crippen LogP contribution in [0.4, 0.5) is 0 Å². The third-order valence-electron chi connectivity index (χ3n) is 3.13. The van der Waals surface area contributed by atoms with Gasteiger partial charge in [-0.3, -0.25) is 9.59 Å². The van der Waals surface area contributed by atoms with E-state index in [1.807, 2.05) is 14.0 Å². The molecule has 1 aliphatic carbocycles. The Morgan fingerprint density at radius 1 is 1.24 bits per heavy atom. The van der Waals surface area contributed by atoms with Crippen molar-refractivity contribution in [2.24, 2.45) is 5.41 Å². The molecule has 0 aromatic rings. The molecule has 3 nitrogen and oxygen atoms in total. The van der Waals surface area contributed by atoms with Crippen molar-refractivity contribution in [1.29, 1.82) is 0 Å². The van der Waals surface area contributed by atoms with Gasteiger partial charge in [0.25, 0.3) is 0 Å². The minimum Gasteiger partial charge on any atom is -0.346 e. The molecule has 0 radical (unpaired) electrons. The highest BCUT2D eigenvalue weighted by Gasteiger charge is 2.25. The minimum absolute atomic E-state index is 0.204. The molecular formula is C14H23NO2. The number of nitrogens with zero attached hydrogens (tertiary/aromatic N) is 1. The molecule has 96 valence electrons. The zero-order valence-electron chi connectivity index (χ0n) is 11.4. The fraction of sp³-hybridized carbons (Fsp3) is 0.714. The summed E-state index contributed by atoms with van der Waals surface area (Å²) in [6.45, 7) is 7.26. The summed E-state index contributed by atoms with van der Waals surface area (Å²) in [5.41, 5.74) is 1.43. The Bertz CT molecular complexity index is 342. The van der Waals surface area contributed by atoms with E-state index in [0.29, 0.717) is 12.3 Å². The molecule has 3 heteroatoms. The lowest BCUT2D eigenvalue weighted by Crippen LogP contribution is -2.20. The SMILES string of the molecule is CC1=CC(=O)CC(C)(C)C1.CN1CCCC1=O. The average molecular weight is 237 g/mol. The molecule has 0 bridgehead atoms. The van der Waals surface area contributed by atoms with Gasteiger partial charge in [0.15, 0.2) is 5.78 Å². The molecule has 2 rings (SSSR count). The van der Waals surface area contributed by atoms with E-state index in [1.54, 1.807) is 11.0 Å². The maximum atomic E-state index is 11.0. The highest BCUT2D eigenvalue weighted by Crippen LogP contribution is 2.32. The minimum atomic E-state index is 0.204. The molecule has 0 aromatic carbocycles. The van der Waals surface area contributed by atoms with Crippen LogP contribution in [-0.4, -0.2) is 30.2 Å². The standard InChI is InChI=1S/C9H14O.C5H9NO/c1-7-4-8(10)6-9(2,3)5-7;1-6-4-2-3-5(6)7/h4H,5-6H2,1-3H3;2-4H2,1H3. The van der Waals surface area contributed by atoms with Gasteiger partial charge in [0.1, 0.15) is 0 Å². The molecule has 1 saturated heterocycles. The number of carbonyl (C=O) groups is 2. The Kier molecular flexibility index (Phi) is 4.49. The lowest BCUT2D eigenvalue weighted by molar-refractivity contribution is -0.126. The van der Waals surface area contributed by atoms with Crippen LogP contribution >= 0.6 is 0 Å². The van der Waals surface area contributed by atoms with Crippen molar-refractivity contribution in [2.75, 3.05) is 13.6 Å². The van der Waals surface area contributed by atoms with Gasteiger partial charge in [-0.05, 0) is 31.3 Å². The summed E-state index contributed by atoms with van der Waals surface area (Å²) in [5.74, 6) is 0.578. The van der Waals surface area contributed by atoms with Gasteiger partial charge in [0, 0.05) is 26.4 Å². The van der Waals surface area contributed by atoms with Gasteiger partial charge < -0.3 is 4.90 Å². The first kappa shape index (κ1) is 13.9. The number of rotatable bonds is 0. The third kappa shape index (κ3) is 4.72. The molecule has 0 saturated carbocycles. The van der Waals surface area contributed by atoms with E-state index in [2.05, 4.69) is 13.8 Å². The molecule has 0 aromatic heterocycles. The van der Waals surface area contributed by atoms with Crippen LogP contribution in [0.1, 0.15) is 46.5 Å². The number of hydrogen-bond acceptors (Lipinski definition) is 2. The van der Waals surface area contributed by atoms with Gasteiger partial charge in [0.2, 0.25) is 5.91 Å². The van der Waals surface area contributed by atoms with Crippen molar-refractivity contribution < 1.29 is 9.59 Å². The highest BCUT2D eigenvalue weighted by molar-refractivity contribution is 5.91. The van der Waals surface area contributed by atoms with Crippen molar-refractivity contribution in [3.63, 3.8) is 0 Å². The summed E-state index contributed by atoms with van der Waals surface area (Å²) in [7, 11) is 1.84. The van der Waals surface area contributed by atoms with Crippen LogP contribution in [0.3, 0.4) is 0 Å². The topological polar surface area (TPSA) is 37.4 Å². The van der Waals surface area contributed by atoms with E-state index < -0.39 is 0 Å². The maximum absolute atomic E-state index is 11.0. The van der Waals surface area contributed by atoms with E-state index in [-0.39, 0.29) is 11.2 Å². The predicted molar refractivity (Wildman–Crippen MR) is 68.7 cm³/mol. The molecule has 0 atom stereocenters. The molecule has 0 unspecified atom stereocenters. The van der Waals surface area contributed by atoms with E-state index >= 15 is 0 Å². The smallest absolute Gasteiger partial charge is 0.222 e. The molecule has 1 aliphatic heterocycles. The van der Waals surface area contributed by atoms with E-state index in [1.165, 1.54) is 5.57 Å². The third-order valence-corrected chi connectivity index (χ3v) is 3.13. The quantitative estimate of drug-likeness (QED) is 0.649. The summed E-state index contributed by atoms with van der Waals surface area (Å²) in [4.78, 5) is 23.3. The number of likely N-dealkylation sites (tertiary alicyclic amines) is 1. The normalized spacial score (nSPS) is 23.1. The fourth-order valence-corrected chi connectivity index (χ4v) is 2.45. The summed E-state index contributed by atoms with van der Waals surface area (Å²) in [5, 5.41) is 0. The van der Waals surface area contributed by atoms with Gasteiger partial charge >= 0.3 is 0 Å². The molecule has 1 heterocycles. The average Bonchev–Trinajstić information content (AvgIpc) is 2.47. The van der Waals surface area contributed by atoms with Crippen molar-refractivity contribution in [2.45, 2.75) is 46.5 Å². The Hall–Kier alpha value is -1.12. The first-order valence-corrected chi connectivity index (χ1v) is 6.24. The van der Waals surface area contributed by atoms with Crippen molar-refractivity contribution in [3.05, 3.63) is 11.6 Å². The van der Waals surface area contributed by atoms with E-state index in [4.69, 9.17) is 0 Å². The second-order valence-electron chi connectivity index (χ2n) is 5.89. The summed E-state index contributed by atoms with van der Waals surface area (Å²) in [6, 6.07) is 0. The Balaban J connectivity index is 0.000000181. The van der Waals surface area contributed by atoms with Gasteiger partial charge in [-0.1, -0.05) is 19.4 Å². The Labute approximate surface area is 104 Å².